The minimum absolute atomic E-state index is 0.0908. The van der Waals surface area contributed by atoms with Crippen molar-refractivity contribution in [3.63, 3.8) is 0 Å². The van der Waals surface area contributed by atoms with Crippen molar-refractivity contribution in [2.24, 2.45) is 12.8 Å². The van der Waals surface area contributed by atoms with E-state index in [1.807, 2.05) is 12.1 Å². The Kier molecular flexibility index (Phi) is 3.93. The first-order valence-corrected chi connectivity index (χ1v) is 6.19. The van der Waals surface area contributed by atoms with Crippen molar-refractivity contribution in [2.45, 2.75) is 6.54 Å². The van der Waals surface area contributed by atoms with E-state index in [0.29, 0.717) is 16.3 Å². The van der Waals surface area contributed by atoms with E-state index in [9.17, 15) is 4.79 Å². The molecule has 0 aliphatic carbocycles. The minimum Gasteiger partial charge on any atom is -0.495 e. The molecule has 0 unspecified atom stereocenters. The van der Waals surface area contributed by atoms with Crippen LogP contribution >= 0.6 is 11.6 Å². The van der Waals surface area contributed by atoms with Crippen LogP contribution in [0.2, 0.25) is 5.02 Å². The van der Waals surface area contributed by atoms with Gasteiger partial charge in [-0.1, -0.05) is 17.7 Å². The van der Waals surface area contributed by atoms with Gasteiger partial charge in [-0.15, -0.1) is 0 Å². The van der Waals surface area contributed by atoms with Crippen molar-refractivity contribution in [1.82, 2.24) is 4.57 Å². The average Bonchev–Trinajstić information content (AvgIpc) is 2.41. The van der Waals surface area contributed by atoms with Crippen molar-refractivity contribution in [3.05, 3.63) is 51.3 Å². The fraction of sp³-hybridized carbons (Fsp3) is 0.214. The first kappa shape index (κ1) is 13.6. The van der Waals surface area contributed by atoms with Gasteiger partial charge in [0, 0.05) is 19.2 Å². The maximum absolute atomic E-state index is 12.0. The molecular weight excluding hydrogens is 264 g/mol. The Morgan fingerprint density at radius 1 is 1.32 bits per heavy atom. The molecule has 19 heavy (non-hydrogen) atoms. The summed E-state index contributed by atoms with van der Waals surface area (Å²) >= 11 is 6.10. The topological polar surface area (TPSA) is 57.2 Å². The first-order chi connectivity index (χ1) is 9.08. The quantitative estimate of drug-likeness (QED) is 0.936. The molecule has 1 aromatic heterocycles. The van der Waals surface area contributed by atoms with Crippen molar-refractivity contribution in [1.29, 1.82) is 0 Å². The van der Waals surface area contributed by atoms with Crippen molar-refractivity contribution in [2.75, 3.05) is 7.11 Å². The summed E-state index contributed by atoms with van der Waals surface area (Å²) in [6.07, 6.45) is 0. The lowest BCUT2D eigenvalue weighted by Crippen LogP contribution is -2.23. The smallest absolute Gasteiger partial charge is 0.255 e. The van der Waals surface area contributed by atoms with E-state index in [1.165, 1.54) is 0 Å². The van der Waals surface area contributed by atoms with Gasteiger partial charge in [0.15, 0.2) is 0 Å². The highest BCUT2D eigenvalue weighted by atomic mass is 35.5. The van der Waals surface area contributed by atoms with Crippen LogP contribution in [0.4, 0.5) is 0 Å². The molecule has 2 rings (SSSR count). The van der Waals surface area contributed by atoms with Crippen molar-refractivity contribution >= 4 is 11.6 Å². The fourth-order valence-electron chi connectivity index (χ4n) is 1.96. The number of rotatable bonds is 3. The number of hydrogen-bond acceptors (Lipinski definition) is 3. The summed E-state index contributed by atoms with van der Waals surface area (Å²) in [4.78, 5) is 12.0. The molecule has 0 aliphatic rings. The van der Waals surface area contributed by atoms with E-state index in [4.69, 9.17) is 22.1 Å². The lowest BCUT2D eigenvalue weighted by Gasteiger charge is -2.11. The fourth-order valence-corrected chi connectivity index (χ4v) is 2.22. The van der Waals surface area contributed by atoms with Gasteiger partial charge in [0.05, 0.1) is 17.8 Å². The molecule has 0 atom stereocenters. The molecule has 0 saturated heterocycles. The highest BCUT2D eigenvalue weighted by Gasteiger charge is 2.09. The standard InChI is InChI=1S/C14H15ClN2O2/c1-17-12(5-3-10(8-16)14(17)18)9-4-6-13(19-2)11(15)7-9/h3-7H,8,16H2,1-2H3. The van der Waals surface area contributed by atoms with E-state index in [0.717, 1.165) is 11.3 Å². The normalized spacial score (nSPS) is 10.5. The van der Waals surface area contributed by atoms with E-state index < -0.39 is 0 Å². The SMILES string of the molecule is COc1ccc(-c2ccc(CN)c(=O)n2C)cc1Cl. The Morgan fingerprint density at radius 3 is 2.63 bits per heavy atom. The molecule has 0 aliphatic heterocycles. The van der Waals surface area contributed by atoms with Crippen LogP contribution in [-0.2, 0) is 13.6 Å². The zero-order chi connectivity index (χ0) is 14.0. The number of ether oxygens (including phenoxy) is 1. The summed E-state index contributed by atoms with van der Waals surface area (Å²) in [6.45, 7) is 0.232. The molecule has 0 radical (unpaired) electrons. The van der Waals surface area contributed by atoms with Gasteiger partial charge < -0.3 is 15.0 Å². The zero-order valence-electron chi connectivity index (χ0n) is 10.8. The van der Waals surface area contributed by atoms with Gasteiger partial charge in [0.25, 0.3) is 5.56 Å². The number of benzene rings is 1. The van der Waals surface area contributed by atoms with Gasteiger partial charge in [-0.2, -0.15) is 0 Å². The summed E-state index contributed by atoms with van der Waals surface area (Å²) in [6, 6.07) is 9.02. The van der Waals surface area contributed by atoms with Crippen LogP contribution in [0.1, 0.15) is 5.56 Å². The van der Waals surface area contributed by atoms with Gasteiger partial charge in [-0.25, -0.2) is 0 Å². The predicted molar refractivity (Wildman–Crippen MR) is 76.6 cm³/mol. The first-order valence-electron chi connectivity index (χ1n) is 5.81. The lowest BCUT2D eigenvalue weighted by atomic mass is 10.1. The van der Waals surface area contributed by atoms with Crippen LogP contribution in [-0.4, -0.2) is 11.7 Å². The molecule has 100 valence electrons. The molecule has 2 aromatic rings. The molecule has 0 amide bonds. The van der Waals surface area contributed by atoms with Crippen LogP contribution in [0.5, 0.6) is 5.75 Å². The summed E-state index contributed by atoms with van der Waals surface area (Å²) in [7, 11) is 3.28. The molecular formula is C14H15ClN2O2. The van der Waals surface area contributed by atoms with Gasteiger partial charge in [-0.05, 0) is 29.8 Å². The van der Waals surface area contributed by atoms with Crippen LogP contribution in [0.25, 0.3) is 11.3 Å². The third-order valence-corrected chi connectivity index (χ3v) is 3.35. The number of halogens is 1. The number of aromatic nitrogens is 1. The molecule has 1 heterocycles. The molecule has 4 nitrogen and oxygen atoms in total. The average molecular weight is 279 g/mol. The second-order valence-corrected chi connectivity index (χ2v) is 4.57. The molecule has 5 heteroatoms. The summed E-state index contributed by atoms with van der Waals surface area (Å²) < 4.78 is 6.68. The van der Waals surface area contributed by atoms with Crippen molar-refractivity contribution < 1.29 is 4.74 Å². The Balaban J connectivity index is 2.57. The molecule has 0 spiro atoms. The molecule has 0 fully saturated rings. The van der Waals surface area contributed by atoms with E-state index in [2.05, 4.69) is 0 Å². The maximum Gasteiger partial charge on any atom is 0.255 e. The monoisotopic (exact) mass is 278 g/mol. The van der Waals surface area contributed by atoms with Crippen molar-refractivity contribution in [3.8, 4) is 17.0 Å². The zero-order valence-corrected chi connectivity index (χ0v) is 11.6. The Hall–Kier alpha value is -1.78. The Labute approximate surface area is 116 Å². The van der Waals surface area contributed by atoms with E-state index >= 15 is 0 Å². The van der Waals surface area contributed by atoms with Crippen LogP contribution in [0, 0.1) is 0 Å². The minimum atomic E-state index is -0.0908. The second kappa shape index (κ2) is 5.47. The van der Waals surface area contributed by atoms with Crippen LogP contribution in [0.3, 0.4) is 0 Å². The highest BCUT2D eigenvalue weighted by molar-refractivity contribution is 6.32. The molecule has 0 bridgehead atoms. The maximum atomic E-state index is 12.0. The summed E-state index contributed by atoms with van der Waals surface area (Å²) in [5.41, 5.74) is 7.66. The lowest BCUT2D eigenvalue weighted by molar-refractivity contribution is 0.415. The number of pyridine rings is 1. The van der Waals surface area contributed by atoms with Gasteiger partial charge in [0.2, 0.25) is 0 Å². The molecule has 2 N–H and O–H groups in total. The Bertz CT molecular complexity index is 665. The second-order valence-electron chi connectivity index (χ2n) is 4.16. The van der Waals surface area contributed by atoms with Crippen LogP contribution < -0.4 is 16.0 Å². The highest BCUT2D eigenvalue weighted by Crippen LogP contribution is 2.29. The summed E-state index contributed by atoms with van der Waals surface area (Å²) in [5.74, 6) is 0.606. The van der Waals surface area contributed by atoms with Gasteiger partial charge >= 0.3 is 0 Å². The summed E-state index contributed by atoms with van der Waals surface area (Å²) in [5, 5.41) is 0.510. The van der Waals surface area contributed by atoms with E-state index in [1.54, 1.807) is 36.9 Å². The largest absolute Gasteiger partial charge is 0.495 e. The third kappa shape index (κ3) is 2.50. The number of methoxy groups -OCH3 is 1. The predicted octanol–water partition coefficient (Wildman–Crippen LogP) is 2.17. The Morgan fingerprint density at radius 2 is 2.05 bits per heavy atom. The molecule has 0 saturated carbocycles. The van der Waals surface area contributed by atoms with Gasteiger partial charge in [0.1, 0.15) is 5.75 Å². The number of nitrogens with two attached hydrogens (primary N) is 1. The third-order valence-electron chi connectivity index (χ3n) is 3.05. The van der Waals surface area contributed by atoms with Crippen LogP contribution in [0.15, 0.2) is 35.1 Å². The van der Waals surface area contributed by atoms with Gasteiger partial charge in [-0.3, -0.25) is 4.79 Å². The van der Waals surface area contributed by atoms with E-state index in [-0.39, 0.29) is 12.1 Å². The molecule has 1 aromatic carbocycles. The number of hydrogen-bond donors (Lipinski definition) is 1. The number of nitrogens with zero attached hydrogens (tertiary/aromatic N) is 1.